The number of ether oxygens (including phenoxy) is 1. The van der Waals surface area contributed by atoms with Gasteiger partial charge >= 0.3 is 6.09 Å². The highest BCUT2D eigenvalue weighted by Crippen LogP contribution is 2.45. The zero-order valence-corrected chi connectivity index (χ0v) is 19.9. The summed E-state index contributed by atoms with van der Waals surface area (Å²) in [5.74, 6) is 1.23. The maximum absolute atomic E-state index is 12.8. The lowest BCUT2D eigenvalue weighted by Crippen LogP contribution is -2.61. The van der Waals surface area contributed by atoms with Crippen LogP contribution < -0.4 is 5.32 Å². The number of halogens is 1. The quantitative estimate of drug-likeness (QED) is 0.715. The van der Waals surface area contributed by atoms with E-state index in [-0.39, 0.29) is 29.8 Å². The Bertz CT molecular complexity index is 909. The van der Waals surface area contributed by atoms with E-state index in [4.69, 9.17) is 4.74 Å². The van der Waals surface area contributed by atoms with Crippen molar-refractivity contribution < 1.29 is 14.3 Å². The van der Waals surface area contributed by atoms with Crippen LogP contribution in [0.15, 0.2) is 29.0 Å². The summed E-state index contributed by atoms with van der Waals surface area (Å²) < 4.78 is 8.40. The number of piperidine rings is 2. The Morgan fingerprint density at radius 3 is 2.57 bits per heavy atom. The fraction of sp³-hybridized carbons (Fsp3) is 0.591. The number of hydrogen-bond acceptors (Lipinski definition) is 4. The molecule has 2 unspecified atom stereocenters. The second-order valence-corrected chi connectivity index (χ2v) is 9.52. The molecule has 0 radical (unpaired) electrons. The number of nitrogens with one attached hydrogen (secondary N) is 1. The lowest BCUT2D eigenvalue weighted by molar-refractivity contribution is -0.141. The molecule has 2 amide bonds. The van der Waals surface area contributed by atoms with E-state index in [1.54, 1.807) is 11.1 Å². The number of fused-ring (bicyclic) bond motifs is 3. The van der Waals surface area contributed by atoms with Crippen molar-refractivity contribution in [3.05, 3.63) is 34.8 Å². The summed E-state index contributed by atoms with van der Waals surface area (Å²) in [5.41, 5.74) is 0.470. The third kappa shape index (κ3) is 4.63. The molecule has 1 aliphatic carbocycles. The highest BCUT2D eigenvalue weighted by molar-refractivity contribution is 9.10. The van der Waals surface area contributed by atoms with Gasteiger partial charge in [0, 0.05) is 29.7 Å². The van der Waals surface area contributed by atoms with Crippen LogP contribution in [0.1, 0.15) is 46.9 Å². The van der Waals surface area contributed by atoms with Gasteiger partial charge in [0.2, 0.25) is 5.91 Å². The number of carbonyl (C=O) groups excluding carboxylic acids is 2. The molecule has 8 heteroatoms. The Morgan fingerprint density at radius 1 is 1.27 bits per heavy atom. The topological polar surface area (TPSA) is 75.9 Å². The first-order valence-corrected chi connectivity index (χ1v) is 11.4. The number of pyridine rings is 1. The van der Waals surface area contributed by atoms with Gasteiger partial charge in [0.05, 0.1) is 18.3 Å². The van der Waals surface area contributed by atoms with Crippen molar-refractivity contribution in [3.63, 3.8) is 0 Å². The number of amides is 2. The van der Waals surface area contributed by atoms with Crippen molar-refractivity contribution in [2.45, 2.75) is 53.2 Å². The van der Waals surface area contributed by atoms with E-state index in [9.17, 15) is 9.59 Å². The van der Waals surface area contributed by atoms with Gasteiger partial charge in [-0.3, -0.25) is 4.79 Å². The first kappa shape index (κ1) is 22.6. The molecule has 5 rings (SSSR count). The molecule has 7 nitrogen and oxygen atoms in total. The van der Waals surface area contributed by atoms with E-state index < -0.39 is 5.60 Å². The number of nitrogens with zero attached hydrogens (tertiary/aromatic N) is 3. The van der Waals surface area contributed by atoms with Crippen LogP contribution in [0, 0.1) is 17.8 Å². The van der Waals surface area contributed by atoms with E-state index in [0.717, 1.165) is 22.2 Å². The molecule has 1 saturated carbocycles. The van der Waals surface area contributed by atoms with Crippen molar-refractivity contribution in [2.75, 3.05) is 13.1 Å². The lowest BCUT2D eigenvalue weighted by atomic mass is 9.61. The third-order valence-electron chi connectivity index (χ3n) is 5.50. The summed E-state index contributed by atoms with van der Waals surface area (Å²) in [6, 6.07) is 3.90. The minimum absolute atomic E-state index is 0.0309. The summed E-state index contributed by atoms with van der Waals surface area (Å²) in [6.07, 6.45) is 4.44. The second kappa shape index (κ2) is 8.96. The van der Waals surface area contributed by atoms with E-state index in [2.05, 4.69) is 26.2 Å². The zero-order valence-electron chi connectivity index (χ0n) is 18.3. The normalized spacial score (nSPS) is 22.6. The average molecular weight is 479 g/mol. The molecule has 2 saturated heterocycles. The highest BCUT2D eigenvalue weighted by atomic mass is 79.9. The first-order valence-electron chi connectivity index (χ1n) is 10.6. The van der Waals surface area contributed by atoms with E-state index >= 15 is 0 Å². The van der Waals surface area contributed by atoms with Crippen LogP contribution in [-0.2, 0) is 16.1 Å². The monoisotopic (exact) mass is 478 g/mol. The molecular formula is C22H31BrN4O3. The Labute approximate surface area is 186 Å². The van der Waals surface area contributed by atoms with Gasteiger partial charge in [-0.1, -0.05) is 13.8 Å². The smallest absolute Gasteiger partial charge is 0.410 e. The Balaban J connectivity index is 0.00000124. The van der Waals surface area contributed by atoms with E-state index in [1.807, 2.05) is 57.3 Å². The minimum atomic E-state index is -0.503. The largest absolute Gasteiger partial charge is 0.444 e. The maximum atomic E-state index is 12.8. The van der Waals surface area contributed by atoms with Crippen LogP contribution in [0.4, 0.5) is 4.79 Å². The Hall–Kier alpha value is -2.09. The Kier molecular flexibility index (Phi) is 6.75. The van der Waals surface area contributed by atoms with Gasteiger partial charge in [0.25, 0.3) is 0 Å². The first-order chi connectivity index (χ1) is 14.2. The molecule has 3 fully saturated rings. The molecule has 2 aliphatic heterocycles. The number of carbonyl (C=O) groups is 2. The predicted molar refractivity (Wildman–Crippen MR) is 119 cm³/mol. The van der Waals surface area contributed by atoms with Gasteiger partial charge in [0.15, 0.2) is 0 Å². The van der Waals surface area contributed by atoms with Crippen LogP contribution in [0.5, 0.6) is 0 Å². The summed E-state index contributed by atoms with van der Waals surface area (Å²) in [7, 11) is 0. The van der Waals surface area contributed by atoms with Crippen LogP contribution >= 0.6 is 15.9 Å². The second-order valence-electron chi connectivity index (χ2n) is 8.67. The third-order valence-corrected chi connectivity index (χ3v) is 6.17. The molecule has 3 aliphatic rings. The fourth-order valence-corrected chi connectivity index (χ4v) is 4.69. The molecule has 2 atom stereocenters. The molecule has 2 aromatic rings. The Morgan fingerprint density at radius 2 is 1.93 bits per heavy atom. The summed E-state index contributed by atoms with van der Waals surface area (Å²) >= 11 is 3.51. The predicted octanol–water partition coefficient (Wildman–Crippen LogP) is 4.24. The van der Waals surface area contributed by atoms with Crippen LogP contribution in [0.25, 0.3) is 5.52 Å². The fourth-order valence-electron chi connectivity index (χ4n) is 4.25. The summed E-state index contributed by atoms with van der Waals surface area (Å²) in [5, 5.41) is 3.04. The van der Waals surface area contributed by atoms with Crippen molar-refractivity contribution in [3.8, 4) is 0 Å². The van der Waals surface area contributed by atoms with Gasteiger partial charge in [-0.15, -0.1) is 0 Å². The number of hydrogen-bond donors (Lipinski definition) is 1. The highest BCUT2D eigenvalue weighted by Gasteiger charge is 2.51. The van der Waals surface area contributed by atoms with E-state index in [1.165, 1.54) is 0 Å². The summed E-state index contributed by atoms with van der Waals surface area (Å²) in [4.78, 5) is 31.2. The maximum Gasteiger partial charge on any atom is 0.410 e. The van der Waals surface area contributed by atoms with Crippen molar-refractivity contribution >= 4 is 33.4 Å². The SMILES string of the molecule is CC.CC(C)(C)OC(=O)N1CC2CC(C1)C2C(=O)NCc1ncc2c(Br)cccn12. The van der Waals surface area contributed by atoms with Gasteiger partial charge in [-0.25, -0.2) is 9.78 Å². The average Bonchev–Trinajstić information content (AvgIpc) is 3.11. The van der Waals surface area contributed by atoms with Crippen molar-refractivity contribution in [1.82, 2.24) is 19.6 Å². The molecule has 30 heavy (non-hydrogen) atoms. The molecule has 1 N–H and O–H groups in total. The van der Waals surface area contributed by atoms with Crippen molar-refractivity contribution in [1.29, 1.82) is 0 Å². The molecule has 0 spiro atoms. The van der Waals surface area contributed by atoms with Gasteiger partial charge in [-0.05, 0) is 67.1 Å². The van der Waals surface area contributed by atoms with Crippen LogP contribution in [0.3, 0.4) is 0 Å². The lowest BCUT2D eigenvalue weighted by Gasteiger charge is -2.52. The number of imidazole rings is 1. The number of aromatic nitrogens is 2. The molecule has 4 heterocycles. The van der Waals surface area contributed by atoms with Gasteiger partial charge < -0.3 is 19.4 Å². The standard InChI is InChI=1S/C20H25BrN4O3.C2H6/c1-20(2,3)28-19(27)24-10-12-7-13(11-24)17(12)18(26)23-9-16-22-8-15-14(21)5-4-6-25(15)16;1-2/h4-6,8,12-13,17H,7,9-11H2,1-3H3,(H,23,26);1-2H3. The van der Waals surface area contributed by atoms with Crippen molar-refractivity contribution in [2.24, 2.45) is 17.8 Å². The molecule has 0 aromatic carbocycles. The molecule has 2 bridgehead atoms. The zero-order chi connectivity index (χ0) is 22.1. The van der Waals surface area contributed by atoms with E-state index in [0.29, 0.717) is 19.6 Å². The molecule has 2 aromatic heterocycles. The van der Waals surface area contributed by atoms with Gasteiger partial charge in [0.1, 0.15) is 11.4 Å². The minimum Gasteiger partial charge on any atom is -0.444 e. The number of rotatable bonds is 3. The van der Waals surface area contributed by atoms with Crippen LogP contribution in [0.2, 0.25) is 0 Å². The molecular weight excluding hydrogens is 448 g/mol. The van der Waals surface area contributed by atoms with Gasteiger partial charge in [-0.2, -0.15) is 0 Å². The summed E-state index contributed by atoms with van der Waals surface area (Å²) in [6.45, 7) is 11.2. The van der Waals surface area contributed by atoms with Crippen LogP contribution in [-0.4, -0.2) is 45.0 Å². The molecule has 164 valence electrons.